The zero-order valence-corrected chi connectivity index (χ0v) is 11.6. The quantitative estimate of drug-likeness (QED) is 0.786. The summed E-state index contributed by atoms with van der Waals surface area (Å²) in [5.74, 6) is 0.125. The molecule has 2 rings (SSSR count). The minimum atomic E-state index is 0.125. The number of pyridine rings is 1. The van der Waals surface area contributed by atoms with Gasteiger partial charge in [-0.2, -0.15) is 0 Å². The number of hydrogen-bond acceptors (Lipinski definition) is 2. The van der Waals surface area contributed by atoms with Crippen LogP contribution in [0.5, 0.6) is 0 Å². The van der Waals surface area contributed by atoms with Crippen LogP contribution >= 0.6 is 15.9 Å². The van der Waals surface area contributed by atoms with Crippen LogP contribution in [0.15, 0.2) is 18.3 Å². The highest BCUT2D eigenvalue weighted by Crippen LogP contribution is 2.21. The molecular weight excluding hydrogens is 280 g/mol. The first-order valence-corrected chi connectivity index (χ1v) is 7.14. The summed E-state index contributed by atoms with van der Waals surface area (Å²) in [7, 11) is 0. The first kappa shape index (κ1) is 12.6. The first-order valence-electron chi connectivity index (χ1n) is 6.02. The number of alkyl halides is 1. The van der Waals surface area contributed by atoms with Gasteiger partial charge in [-0.15, -0.1) is 0 Å². The van der Waals surface area contributed by atoms with Crippen LogP contribution in [0.2, 0.25) is 0 Å². The molecule has 1 aromatic rings. The van der Waals surface area contributed by atoms with Crippen LogP contribution in [0.4, 0.5) is 0 Å². The van der Waals surface area contributed by atoms with Gasteiger partial charge in [-0.1, -0.05) is 15.9 Å². The Kier molecular flexibility index (Phi) is 4.15. The lowest BCUT2D eigenvalue weighted by Gasteiger charge is -2.35. The predicted octanol–water partition coefficient (Wildman–Crippen LogP) is 2.78. The topological polar surface area (TPSA) is 33.2 Å². The number of rotatable bonds is 2. The number of aryl methyl sites for hydroxylation is 1. The van der Waals surface area contributed by atoms with E-state index in [1.54, 1.807) is 6.20 Å². The standard InChI is InChI=1S/C13H17BrN2O/c1-10-12(6-4-7-15-10)13(17)16-8-3-2-5-11(16)9-14/h4,6-7,11H,2-3,5,8-9H2,1H3. The zero-order valence-electron chi connectivity index (χ0n) is 10.0. The molecule has 0 saturated carbocycles. The molecule has 1 atom stereocenters. The van der Waals surface area contributed by atoms with E-state index in [2.05, 4.69) is 20.9 Å². The highest BCUT2D eigenvalue weighted by Gasteiger charge is 2.27. The maximum atomic E-state index is 12.5. The van der Waals surface area contributed by atoms with Gasteiger partial charge in [-0.3, -0.25) is 9.78 Å². The maximum absolute atomic E-state index is 12.5. The molecule has 1 amide bonds. The molecule has 3 nitrogen and oxygen atoms in total. The van der Waals surface area contributed by atoms with E-state index in [4.69, 9.17) is 0 Å². The number of halogens is 1. The van der Waals surface area contributed by atoms with Gasteiger partial charge in [0.1, 0.15) is 0 Å². The van der Waals surface area contributed by atoms with Crippen molar-refractivity contribution in [1.29, 1.82) is 0 Å². The number of aromatic nitrogens is 1. The van der Waals surface area contributed by atoms with Crippen molar-refractivity contribution in [2.24, 2.45) is 0 Å². The van der Waals surface area contributed by atoms with Crippen molar-refractivity contribution in [3.63, 3.8) is 0 Å². The second kappa shape index (κ2) is 5.63. The fourth-order valence-corrected chi connectivity index (χ4v) is 2.97. The SMILES string of the molecule is Cc1ncccc1C(=O)N1CCCCC1CBr. The Labute approximate surface area is 110 Å². The Morgan fingerprint density at radius 3 is 3.12 bits per heavy atom. The molecule has 1 aliphatic rings. The summed E-state index contributed by atoms with van der Waals surface area (Å²) in [5, 5.41) is 0.859. The molecule has 17 heavy (non-hydrogen) atoms. The van der Waals surface area contributed by atoms with Crippen LogP contribution in [0, 0.1) is 6.92 Å². The zero-order chi connectivity index (χ0) is 12.3. The Hall–Kier alpha value is -0.900. The van der Waals surface area contributed by atoms with Gasteiger partial charge in [0.25, 0.3) is 5.91 Å². The summed E-state index contributed by atoms with van der Waals surface area (Å²) in [4.78, 5) is 18.6. The molecule has 0 aliphatic carbocycles. The number of carbonyl (C=O) groups excluding carboxylic acids is 1. The molecule has 1 aliphatic heterocycles. The van der Waals surface area contributed by atoms with Gasteiger partial charge in [-0.25, -0.2) is 0 Å². The fourth-order valence-electron chi connectivity index (χ4n) is 2.29. The molecule has 4 heteroatoms. The van der Waals surface area contributed by atoms with E-state index < -0.39 is 0 Å². The molecule has 92 valence electrons. The third-order valence-corrected chi connectivity index (χ3v) is 4.05. The molecule has 0 aromatic carbocycles. The molecule has 0 radical (unpaired) electrons. The van der Waals surface area contributed by atoms with E-state index in [0.29, 0.717) is 6.04 Å². The van der Waals surface area contributed by atoms with Crippen LogP contribution < -0.4 is 0 Å². The van der Waals surface area contributed by atoms with E-state index in [1.807, 2.05) is 24.0 Å². The summed E-state index contributed by atoms with van der Waals surface area (Å²) in [6.07, 6.45) is 5.14. The average molecular weight is 297 g/mol. The Bertz CT molecular complexity index is 408. The lowest BCUT2D eigenvalue weighted by atomic mass is 10.0. The summed E-state index contributed by atoms with van der Waals surface area (Å²) in [6.45, 7) is 2.75. The summed E-state index contributed by atoms with van der Waals surface area (Å²) < 4.78 is 0. The normalized spacial score (nSPS) is 20.4. The van der Waals surface area contributed by atoms with Crippen molar-refractivity contribution in [3.8, 4) is 0 Å². The molecule has 0 spiro atoms. The molecule has 0 bridgehead atoms. The predicted molar refractivity (Wildman–Crippen MR) is 71.4 cm³/mol. The molecule has 1 saturated heterocycles. The highest BCUT2D eigenvalue weighted by atomic mass is 79.9. The number of nitrogens with zero attached hydrogens (tertiary/aromatic N) is 2. The molecule has 1 aromatic heterocycles. The van der Waals surface area contributed by atoms with Crippen molar-refractivity contribution in [1.82, 2.24) is 9.88 Å². The van der Waals surface area contributed by atoms with Crippen LogP contribution in [-0.4, -0.2) is 33.7 Å². The summed E-state index contributed by atoms with van der Waals surface area (Å²) >= 11 is 3.50. The Morgan fingerprint density at radius 2 is 2.41 bits per heavy atom. The summed E-state index contributed by atoms with van der Waals surface area (Å²) in [5.41, 5.74) is 1.55. The monoisotopic (exact) mass is 296 g/mol. The van der Waals surface area contributed by atoms with Crippen LogP contribution in [-0.2, 0) is 0 Å². The van der Waals surface area contributed by atoms with Gasteiger partial charge in [0.2, 0.25) is 0 Å². The number of likely N-dealkylation sites (tertiary alicyclic amines) is 1. The van der Waals surface area contributed by atoms with E-state index in [9.17, 15) is 4.79 Å². The summed E-state index contributed by atoms with van der Waals surface area (Å²) in [6, 6.07) is 4.02. The highest BCUT2D eigenvalue weighted by molar-refractivity contribution is 9.09. The minimum absolute atomic E-state index is 0.125. The molecular formula is C13H17BrN2O. The van der Waals surface area contributed by atoms with Crippen molar-refractivity contribution in [3.05, 3.63) is 29.6 Å². The van der Waals surface area contributed by atoms with E-state index in [1.165, 1.54) is 6.42 Å². The first-order chi connectivity index (χ1) is 8.24. The van der Waals surface area contributed by atoms with Gasteiger partial charge >= 0.3 is 0 Å². The third-order valence-electron chi connectivity index (χ3n) is 3.30. The second-order valence-corrected chi connectivity index (χ2v) is 5.09. The number of hydrogen-bond donors (Lipinski definition) is 0. The molecule has 0 N–H and O–H groups in total. The van der Waals surface area contributed by atoms with Crippen molar-refractivity contribution >= 4 is 21.8 Å². The van der Waals surface area contributed by atoms with Gasteiger partial charge < -0.3 is 4.90 Å². The van der Waals surface area contributed by atoms with Crippen LogP contribution in [0.25, 0.3) is 0 Å². The molecule has 2 heterocycles. The number of piperidine rings is 1. The van der Waals surface area contributed by atoms with Gasteiger partial charge in [0.15, 0.2) is 0 Å². The fraction of sp³-hybridized carbons (Fsp3) is 0.538. The van der Waals surface area contributed by atoms with E-state index >= 15 is 0 Å². The lowest BCUT2D eigenvalue weighted by molar-refractivity contribution is 0.0640. The van der Waals surface area contributed by atoms with Crippen molar-refractivity contribution in [2.45, 2.75) is 32.2 Å². The third kappa shape index (κ3) is 2.68. The molecule has 1 unspecified atom stereocenters. The van der Waals surface area contributed by atoms with Crippen molar-refractivity contribution < 1.29 is 4.79 Å². The van der Waals surface area contributed by atoms with Crippen LogP contribution in [0.3, 0.4) is 0 Å². The largest absolute Gasteiger partial charge is 0.335 e. The average Bonchev–Trinajstić information content (AvgIpc) is 2.38. The number of amides is 1. The van der Waals surface area contributed by atoms with Crippen LogP contribution in [0.1, 0.15) is 35.3 Å². The minimum Gasteiger partial charge on any atom is -0.335 e. The van der Waals surface area contributed by atoms with E-state index in [-0.39, 0.29) is 5.91 Å². The maximum Gasteiger partial charge on any atom is 0.255 e. The smallest absolute Gasteiger partial charge is 0.255 e. The van der Waals surface area contributed by atoms with Gasteiger partial charge in [0.05, 0.1) is 5.56 Å². The Balaban J connectivity index is 2.21. The lowest BCUT2D eigenvalue weighted by Crippen LogP contribution is -2.44. The number of carbonyl (C=O) groups is 1. The Morgan fingerprint density at radius 1 is 1.59 bits per heavy atom. The van der Waals surface area contributed by atoms with Crippen molar-refractivity contribution in [2.75, 3.05) is 11.9 Å². The molecule has 1 fully saturated rings. The second-order valence-electron chi connectivity index (χ2n) is 4.44. The van der Waals surface area contributed by atoms with E-state index in [0.717, 1.165) is 36.0 Å². The van der Waals surface area contributed by atoms with Gasteiger partial charge in [0, 0.05) is 29.8 Å². The van der Waals surface area contributed by atoms with Gasteiger partial charge in [-0.05, 0) is 38.3 Å².